The topological polar surface area (TPSA) is 22.1 Å². The second-order valence-electron chi connectivity index (χ2n) is 4.19. The molecular formula is C14H12BrNO. The fourth-order valence-electron chi connectivity index (χ4n) is 2.18. The largest absolute Gasteiger partial charge is 0.456 e. The summed E-state index contributed by atoms with van der Waals surface area (Å²) in [5.41, 5.74) is 2.89. The molecule has 0 bridgehead atoms. The molecule has 2 aromatic rings. The number of benzene rings is 1. The Bertz CT molecular complexity index is 554. The van der Waals surface area contributed by atoms with Crippen molar-refractivity contribution in [3.63, 3.8) is 0 Å². The predicted molar refractivity (Wildman–Crippen MR) is 70.5 cm³/mol. The lowest BCUT2D eigenvalue weighted by atomic mass is 10.1. The molecule has 0 aliphatic heterocycles. The zero-order chi connectivity index (χ0) is 11.7. The van der Waals surface area contributed by atoms with Crippen molar-refractivity contribution in [2.24, 2.45) is 0 Å². The van der Waals surface area contributed by atoms with E-state index in [9.17, 15) is 0 Å². The summed E-state index contributed by atoms with van der Waals surface area (Å²) in [4.78, 5) is 4.02. The Kier molecular flexibility index (Phi) is 2.85. The molecule has 2 nitrogen and oxygen atoms in total. The molecule has 3 rings (SSSR count). The number of aromatic nitrogens is 1. The number of rotatable bonds is 2. The van der Waals surface area contributed by atoms with Gasteiger partial charge in [0, 0.05) is 18.5 Å². The van der Waals surface area contributed by atoms with Gasteiger partial charge in [0.15, 0.2) is 0 Å². The molecule has 0 atom stereocenters. The molecule has 17 heavy (non-hydrogen) atoms. The summed E-state index contributed by atoms with van der Waals surface area (Å²) in [5, 5.41) is 0. The molecule has 0 spiro atoms. The van der Waals surface area contributed by atoms with Crippen LogP contribution in [0.5, 0.6) is 11.5 Å². The normalized spacial score (nSPS) is 13.5. The third-order valence-electron chi connectivity index (χ3n) is 3.03. The van der Waals surface area contributed by atoms with Crippen molar-refractivity contribution in [1.29, 1.82) is 0 Å². The number of pyridine rings is 1. The van der Waals surface area contributed by atoms with Gasteiger partial charge in [0.05, 0.1) is 4.47 Å². The highest BCUT2D eigenvalue weighted by atomic mass is 79.9. The van der Waals surface area contributed by atoms with Crippen LogP contribution < -0.4 is 4.74 Å². The van der Waals surface area contributed by atoms with E-state index in [2.05, 4.69) is 33.0 Å². The third-order valence-corrected chi connectivity index (χ3v) is 3.63. The Balaban J connectivity index is 1.89. The monoisotopic (exact) mass is 289 g/mol. The predicted octanol–water partition coefficient (Wildman–Crippen LogP) is 4.13. The van der Waals surface area contributed by atoms with Gasteiger partial charge in [0.1, 0.15) is 11.5 Å². The highest BCUT2D eigenvalue weighted by molar-refractivity contribution is 9.10. The summed E-state index contributed by atoms with van der Waals surface area (Å²) in [6.07, 6.45) is 7.10. The minimum absolute atomic E-state index is 0.804. The van der Waals surface area contributed by atoms with Crippen molar-refractivity contribution in [2.45, 2.75) is 19.3 Å². The van der Waals surface area contributed by atoms with Gasteiger partial charge in [-0.3, -0.25) is 4.98 Å². The van der Waals surface area contributed by atoms with Crippen LogP contribution in [0.3, 0.4) is 0 Å². The molecule has 1 aliphatic rings. The van der Waals surface area contributed by atoms with E-state index >= 15 is 0 Å². The zero-order valence-electron chi connectivity index (χ0n) is 9.32. The number of nitrogens with zero attached hydrogens (tertiary/aromatic N) is 1. The molecule has 0 saturated heterocycles. The van der Waals surface area contributed by atoms with Gasteiger partial charge in [0.25, 0.3) is 0 Å². The maximum absolute atomic E-state index is 5.85. The molecule has 0 radical (unpaired) electrons. The lowest BCUT2D eigenvalue weighted by Gasteiger charge is -2.08. The molecule has 1 aromatic carbocycles. The first-order chi connectivity index (χ1) is 8.33. The van der Waals surface area contributed by atoms with Crippen LogP contribution in [-0.4, -0.2) is 4.98 Å². The second-order valence-corrected chi connectivity index (χ2v) is 5.05. The van der Waals surface area contributed by atoms with Crippen molar-refractivity contribution in [3.8, 4) is 11.5 Å². The lowest BCUT2D eigenvalue weighted by Crippen LogP contribution is -1.88. The van der Waals surface area contributed by atoms with Gasteiger partial charge in [-0.15, -0.1) is 0 Å². The molecule has 0 fully saturated rings. The van der Waals surface area contributed by atoms with E-state index in [4.69, 9.17) is 4.74 Å². The van der Waals surface area contributed by atoms with E-state index < -0.39 is 0 Å². The van der Waals surface area contributed by atoms with Gasteiger partial charge >= 0.3 is 0 Å². The summed E-state index contributed by atoms with van der Waals surface area (Å²) in [5.74, 6) is 1.70. The number of hydrogen-bond donors (Lipinski definition) is 0. The van der Waals surface area contributed by atoms with Crippen molar-refractivity contribution < 1.29 is 4.74 Å². The molecule has 0 amide bonds. The van der Waals surface area contributed by atoms with Gasteiger partial charge in [0.2, 0.25) is 0 Å². The summed E-state index contributed by atoms with van der Waals surface area (Å²) < 4.78 is 6.72. The maximum Gasteiger partial charge on any atom is 0.144 e. The van der Waals surface area contributed by atoms with Gasteiger partial charge in [-0.1, -0.05) is 6.07 Å². The second kappa shape index (κ2) is 4.49. The van der Waals surface area contributed by atoms with Crippen LogP contribution in [0, 0.1) is 0 Å². The van der Waals surface area contributed by atoms with Gasteiger partial charge in [-0.2, -0.15) is 0 Å². The first-order valence-corrected chi connectivity index (χ1v) is 6.51. The molecule has 1 aliphatic carbocycles. The minimum atomic E-state index is 0.804. The van der Waals surface area contributed by atoms with Crippen molar-refractivity contribution in [1.82, 2.24) is 4.98 Å². The Labute approximate surface area is 109 Å². The summed E-state index contributed by atoms with van der Waals surface area (Å²) in [6, 6.07) is 8.22. The van der Waals surface area contributed by atoms with E-state index in [1.54, 1.807) is 12.4 Å². The standard InChI is InChI=1S/C14H12BrNO/c15-13-9-16-7-6-14(13)17-12-5-4-10-2-1-3-11(10)8-12/h4-9H,1-3H2. The summed E-state index contributed by atoms with van der Waals surface area (Å²) in [7, 11) is 0. The van der Waals surface area contributed by atoms with Crippen LogP contribution in [0.1, 0.15) is 17.5 Å². The van der Waals surface area contributed by atoms with Crippen LogP contribution in [0.4, 0.5) is 0 Å². The smallest absolute Gasteiger partial charge is 0.144 e. The molecule has 1 heterocycles. The van der Waals surface area contributed by atoms with Crippen LogP contribution in [0.25, 0.3) is 0 Å². The Hall–Kier alpha value is -1.35. The Morgan fingerprint density at radius 3 is 2.88 bits per heavy atom. The SMILES string of the molecule is Brc1cnccc1Oc1ccc2c(c1)CCC2. The number of fused-ring (bicyclic) bond motifs is 1. The van der Waals surface area contributed by atoms with Gasteiger partial charge in [-0.05, 0) is 58.5 Å². The quantitative estimate of drug-likeness (QED) is 0.829. The number of ether oxygens (including phenoxy) is 1. The Morgan fingerprint density at radius 2 is 2.00 bits per heavy atom. The molecule has 0 unspecified atom stereocenters. The molecule has 0 N–H and O–H groups in total. The zero-order valence-corrected chi connectivity index (χ0v) is 10.9. The lowest BCUT2D eigenvalue weighted by molar-refractivity contribution is 0.478. The number of aryl methyl sites for hydroxylation is 2. The number of halogens is 1. The first kappa shape index (κ1) is 10.8. The average molecular weight is 290 g/mol. The Morgan fingerprint density at radius 1 is 1.12 bits per heavy atom. The van der Waals surface area contributed by atoms with E-state index in [1.165, 1.54) is 30.4 Å². The highest BCUT2D eigenvalue weighted by Gasteiger charge is 2.11. The van der Waals surface area contributed by atoms with E-state index in [0.29, 0.717) is 0 Å². The molecular weight excluding hydrogens is 278 g/mol. The van der Waals surface area contributed by atoms with E-state index in [1.807, 2.05) is 12.1 Å². The van der Waals surface area contributed by atoms with Crippen LogP contribution in [-0.2, 0) is 12.8 Å². The van der Waals surface area contributed by atoms with E-state index in [-0.39, 0.29) is 0 Å². The number of hydrogen-bond acceptors (Lipinski definition) is 2. The van der Waals surface area contributed by atoms with Crippen LogP contribution in [0.15, 0.2) is 41.1 Å². The summed E-state index contributed by atoms with van der Waals surface area (Å²) in [6.45, 7) is 0. The van der Waals surface area contributed by atoms with Gasteiger partial charge < -0.3 is 4.74 Å². The average Bonchev–Trinajstić information content (AvgIpc) is 2.79. The van der Waals surface area contributed by atoms with Crippen molar-refractivity contribution in [2.75, 3.05) is 0 Å². The third kappa shape index (κ3) is 2.20. The van der Waals surface area contributed by atoms with Crippen molar-refractivity contribution >= 4 is 15.9 Å². The molecule has 86 valence electrons. The fraction of sp³-hybridized carbons (Fsp3) is 0.214. The molecule has 3 heteroatoms. The van der Waals surface area contributed by atoms with Crippen molar-refractivity contribution in [3.05, 3.63) is 52.3 Å². The van der Waals surface area contributed by atoms with Crippen LogP contribution >= 0.6 is 15.9 Å². The fourth-order valence-corrected chi connectivity index (χ4v) is 2.52. The highest BCUT2D eigenvalue weighted by Crippen LogP contribution is 2.31. The van der Waals surface area contributed by atoms with Crippen LogP contribution in [0.2, 0.25) is 0 Å². The minimum Gasteiger partial charge on any atom is -0.456 e. The molecule has 0 saturated carbocycles. The summed E-state index contributed by atoms with van der Waals surface area (Å²) >= 11 is 3.43. The molecule has 1 aromatic heterocycles. The maximum atomic E-state index is 5.85. The van der Waals surface area contributed by atoms with Gasteiger partial charge in [-0.25, -0.2) is 0 Å². The van der Waals surface area contributed by atoms with E-state index in [0.717, 1.165) is 16.0 Å². The first-order valence-electron chi connectivity index (χ1n) is 5.72.